The van der Waals surface area contributed by atoms with Gasteiger partial charge in [0, 0.05) is 30.8 Å². The van der Waals surface area contributed by atoms with Crippen LogP contribution < -0.4 is 9.79 Å². The van der Waals surface area contributed by atoms with Gasteiger partial charge in [-0.2, -0.15) is 0 Å². The molecule has 0 saturated carbocycles. The molecule has 2 aliphatic heterocycles. The van der Waals surface area contributed by atoms with Crippen LogP contribution in [0.2, 0.25) is 0 Å². The van der Waals surface area contributed by atoms with Gasteiger partial charge < -0.3 is 25.0 Å². The van der Waals surface area contributed by atoms with E-state index < -0.39 is 20.7 Å². The zero-order chi connectivity index (χ0) is 22.0. The van der Waals surface area contributed by atoms with Crippen molar-refractivity contribution in [3.8, 4) is 0 Å². The van der Waals surface area contributed by atoms with Crippen LogP contribution in [0.15, 0.2) is 0 Å². The molecule has 0 aromatic rings. The largest absolute Gasteiger partial charge is 0.756 e. The fourth-order valence-electron chi connectivity index (χ4n) is 1.64. The number of hydrogen-bond acceptors (Lipinski definition) is 9. The molecule has 0 spiro atoms. The van der Waals surface area contributed by atoms with E-state index in [9.17, 15) is 0 Å². The van der Waals surface area contributed by atoms with Crippen LogP contribution in [-0.2, 0) is 13.8 Å². The minimum Gasteiger partial charge on any atom is -0.756 e. The summed E-state index contributed by atoms with van der Waals surface area (Å²) in [7, 11) is -0.135. The van der Waals surface area contributed by atoms with Gasteiger partial charge in [0.2, 0.25) is 4.58 Å². The van der Waals surface area contributed by atoms with E-state index in [-0.39, 0.29) is 19.3 Å². The molecular weight excluding hydrogens is 524 g/mol. The van der Waals surface area contributed by atoms with Gasteiger partial charge in [-0.3, -0.25) is 23.8 Å². The number of halogens is 4. The van der Waals surface area contributed by atoms with Crippen molar-refractivity contribution >= 4 is 68.6 Å². The second-order valence-electron chi connectivity index (χ2n) is 5.26. The molecule has 2 rings (SSSR count). The van der Waals surface area contributed by atoms with Crippen LogP contribution in [0.5, 0.6) is 0 Å². The molecule has 0 aliphatic carbocycles. The Bertz CT molecular complexity index is 541. The van der Waals surface area contributed by atoms with Gasteiger partial charge in [0.15, 0.2) is 0 Å². The van der Waals surface area contributed by atoms with Crippen LogP contribution in [0.3, 0.4) is 0 Å². The van der Waals surface area contributed by atoms with Gasteiger partial charge in [-0.1, -0.05) is 23.2 Å². The lowest BCUT2D eigenvalue weighted by molar-refractivity contribution is -0.484. The van der Waals surface area contributed by atoms with Crippen molar-refractivity contribution in [2.24, 2.45) is 0 Å². The number of amidine groups is 1. The molecule has 2 heterocycles. The lowest BCUT2D eigenvalue weighted by atomic mass is 10.6. The Hall–Kier alpha value is 0.600. The first-order chi connectivity index (χ1) is 12.0. The normalized spacial score (nSPS) is 18.8. The van der Waals surface area contributed by atoms with Crippen molar-refractivity contribution in [1.82, 2.24) is 14.7 Å². The third-order valence-corrected chi connectivity index (χ3v) is 5.02. The molecule has 1 unspecified atom stereocenters. The lowest BCUT2D eigenvalue weighted by Gasteiger charge is -2.27. The smallest absolute Gasteiger partial charge is 0.521 e. The molecule has 1 fully saturated rings. The van der Waals surface area contributed by atoms with Crippen molar-refractivity contribution in [3.05, 3.63) is 0 Å². The highest BCUT2D eigenvalue weighted by Crippen LogP contribution is 2.31. The van der Waals surface area contributed by atoms with Crippen molar-refractivity contribution in [3.63, 3.8) is 0 Å². The summed E-state index contributed by atoms with van der Waals surface area (Å²) < 4.78 is 21.7. The first-order valence-corrected chi connectivity index (χ1v) is 10.8. The highest BCUT2D eigenvalue weighted by molar-refractivity contribution is 7.43. The first-order valence-electron chi connectivity index (χ1n) is 7.01. The van der Waals surface area contributed by atoms with Gasteiger partial charge in [0.25, 0.3) is 7.82 Å². The van der Waals surface area contributed by atoms with E-state index in [1.54, 1.807) is 0 Å². The SMILES string of the molecule is CN1CCN(C)C1(Cl)Cl.CN1CC[N+](C)=C1Cl.Cl.O.O=P([O-])(O)O.O=[P+]([O-])OO.[HH]. The van der Waals surface area contributed by atoms with Crippen LogP contribution in [0, 0.1) is 0 Å². The molecule has 0 amide bonds. The van der Waals surface area contributed by atoms with E-state index in [2.05, 4.69) is 4.67 Å². The van der Waals surface area contributed by atoms with Crippen LogP contribution >= 0.6 is 63.3 Å². The molecule has 0 radical (unpaired) electrons. The van der Waals surface area contributed by atoms with E-state index in [0.29, 0.717) is 0 Å². The third kappa shape index (κ3) is 19.0. The molecule has 13 nitrogen and oxygen atoms in total. The van der Waals surface area contributed by atoms with Crippen molar-refractivity contribution in [2.45, 2.75) is 4.58 Å². The van der Waals surface area contributed by atoms with E-state index in [1.165, 1.54) is 0 Å². The van der Waals surface area contributed by atoms with Gasteiger partial charge in [0.05, 0.1) is 14.1 Å². The number of hydrogen-bond donors (Lipinski definition) is 3. The Labute approximate surface area is 192 Å². The maximum Gasteiger partial charge on any atom is 0.521 e. The Morgan fingerprint density at radius 3 is 1.62 bits per heavy atom. The number of rotatable bonds is 1. The average molecular weight is 552 g/mol. The third-order valence-electron chi connectivity index (χ3n) is 3.16. The summed E-state index contributed by atoms with van der Waals surface area (Å²) in [5, 5.41) is 7.90. The van der Waals surface area contributed by atoms with E-state index >= 15 is 0 Å². The van der Waals surface area contributed by atoms with Crippen LogP contribution in [0.4, 0.5) is 0 Å². The van der Waals surface area contributed by atoms with Gasteiger partial charge in [-0.25, -0.2) is 5.26 Å². The predicted molar refractivity (Wildman–Crippen MR) is 111 cm³/mol. The number of phosphoric acid groups is 1. The van der Waals surface area contributed by atoms with Gasteiger partial charge in [-0.05, 0) is 18.7 Å². The molecule has 0 aromatic heterocycles. The standard InChI is InChI=1S/C5H10Cl2N2.C5H10ClN2.ClH.H3O4P.HO4P.H2O.H2/c1-8-3-4-9(2)5(8,6)7;1-7-3-4-8(2)5(7)6;;1-5(2,3)4;1-4-5(2)3;;/h3-4H2,1-2H3;3-4H2,1-2H3;1H;(H3,1,2,3,4);1H;1H2;1H/q;+1;;;;;/p-1. The maximum absolute atomic E-state index is 8.93. The molecule has 1 saturated heterocycles. The molecule has 0 aromatic carbocycles. The topological polar surface area (TPSA) is 194 Å². The quantitative estimate of drug-likeness (QED) is 0.0893. The Kier molecular flexibility index (Phi) is 21.9. The lowest BCUT2D eigenvalue weighted by Crippen LogP contribution is -2.39. The van der Waals surface area contributed by atoms with E-state index in [4.69, 9.17) is 68.8 Å². The van der Waals surface area contributed by atoms with Crippen LogP contribution in [0.1, 0.15) is 1.43 Å². The molecule has 29 heavy (non-hydrogen) atoms. The summed E-state index contributed by atoms with van der Waals surface area (Å²) in [5.41, 5.74) is 0. The maximum atomic E-state index is 8.93. The average Bonchev–Trinajstić information content (AvgIpc) is 2.94. The summed E-state index contributed by atoms with van der Waals surface area (Å²) in [4.78, 5) is 37.7. The fourth-order valence-corrected chi connectivity index (χ4v) is 2.14. The summed E-state index contributed by atoms with van der Waals surface area (Å²) in [5.74, 6) is 0. The first kappa shape index (κ1) is 36.9. The summed E-state index contributed by atoms with van der Waals surface area (Å²) in [6.45, 7) is 3.97. The Morgan fingerprint density at radius 1 is 1.24 bits per heavy atom. The van der Waals surface area contributed by atoms with Gasteiger partial charge >= 0.3 is 13.5 Å². The molecule has 1 atom stereocenters. The van der Waals surface area contributed by atoms with Crippen molar-refractivity contribution in [1.29, 1.82) is 0 Å². The highest BCUT2D eigenvalue weighted by atomic mass is 35.5. The molecule has 2 aliphatic rings. The number of likely N-dealkylation sites (N-methyl/N-ethyl adjacent to an activating group) is 4. The number of alkyl halides is 2. The molecular formula is C10H28Cl4N4O9P2. The van der Waals surface area contributed by atoms with E-state index in [1.807, 2.05) is 47.5 Å². The second-order valence-corrected chi connectivity index (χ2v) is 8.44. The van der Waals surface area contributed by atoms with Crippen LogP contribution in [0.25, 0.3) is 0 Å². The summed E-state index contributed by atoms with van der Waals surface area (Å²) >= 11 is 17.6. The zero-order valence-corrected chi connectivity index (χ0v) is 20.8. The van der Waals surface area contributed by atoms with Gasteiger partial charge in [-0.15, -0.1) is 12.4 Å². The molecule has 19 heteroatoms. The van der Waals surface area contributed by atoms with Crippen molar-refractivity contribution < 1.29 is 50.1 Å². The Morgan fingerprint density at radius 2 is 1.55 bits per heavy atom. The fraction of sp³-hybridized carbons (Fsp3) is 0.900. The zero-order valence-electron chi connectivity index (χ0n) is 15.9. The van der Waals surface area contributed by atoms with Gasteiger partial charge in [0.1, 0.15) is 13.1 Å². The van der Waals surface area contributed by atoms with Crippen molar-refractivity contribution in [2.75, 3.05) is 54.4 Å². The monoisotopic (exact) mass is 550 g/mol. The minimum absolute atomic E-state index is 0. The second kappa shape index (κ2) is 17.2. The number of nitrogens with zero attached hydrogens (tertiary/aromatic N) is 4. The molecule has 0 bridgehead atoms. The Balaban J connectivity index is -0.0000000927. The van der Waals surface area contributed by atoms with E-state index in [0.717, 1.165) is 31.5 Å². The molecule has 180 valence electrons. The predicted octanol–water partition coefficient (Wildman–Crippen LogP) is -1.10. The molecule has 5 N–H and O–H groups in total. The summed E-state index contributed by atoms with van der Waals surface area (Å²) in [6.07, 6.45) is 0. The van der Waals surface area contributed by atoms with Crippen LogP contribution in [-0.4, -0.2) is 104 Å². The minimum atomic E-state index is -4.89. The summed E-state index contributed by atoms with van der Waals surface area (Å²) in [6, 6.07) is 0. The highest BCUT2D eigenvalue weighted by Gasteiger charge is 2.39.